The molecule has 2 unspecified atom stereocenters. The van der Waals surface area contributed by atoms with Crippen molar-refractivity contribution in [3.05, 3.63) is 35.9 Å². The van der Waals surface area contributed by atoms with Crippen molar-refractivity contribution in [2.45, 2.75) is 31.8 Å². The highest BCUT2D eigenvalue weighted by Crippen LogP contribution is 2.08. The highest BCUT2D eigenvalue weighted by atomic mass is 79.9. The summed E-state index contributed by atoms with van der Waals surface area (Å²) in [5, 5.41) is 0.0215. The maximum atomic E-state index is 5.49. The first-order valence-corrected chi connectivity index (χ1v) is 5.55. The van der Waals surface area contributed by atoms with Crippen LogP contribution in [0, 0.1) is 0 Å². The molecule has 14 heavy (non-hydrogen) atoms. The normalized spacial score (nSPS) is 15.1. The Morgan fingerprint density at radius 2 is 1.86 bits per heavy atom. The molecule has 0 aliphatic heterocycles. The van der Waals surface area contributed by atoms with E-state index in [0.717, 1.165) is 5.56 Å². The Morgan fingerprint density at radius 1 is 1.21 bits per heavy atom. The summed E-state index contributed by atoms with van der Waals surface area (Å²) in [5.41, 5.74) is 1.16. The summed E-state index contributed by atoms with van der Waals surface area (Å²) in [6, 6.07) is 10.0. The molecule has 3 heteroatoms. The van der Waals surface area contributed by atoms with E-state index in [-0.39, 0.29) is 11.3 Å². The summed E-state index contributed by atoms with van der Waals surface area (Å²) in [5.74, 6) is 0. The molecule has 0 saturated carbocycles. The molecule has 1 rings (SSSR count). The molecule has 1 aromatic carbocycles. The first kappa shape index (κ1) is 11.7. The number of alkyl halides is 1. The summed E-state index contributed by atoms with van der Waals surface area (Å²) in [6.45, 7) is 4.39. The molecule has 0 aliphatic rings. The van der Waals surface area contributed by atoms with Crippen molar-refractivity contribution >= 4 is 15.9 Å². The van der Waals surface area contributed by atoms with E-state index < -0.39 is 0 Å². The Kier molecular flexibility index (Phi) is 5.15. The molecule has 2 nitrogen and oxygen atoms in total. The van der Waals surface area contributed by atoms with Gasteiger partial charge in [0.25, 0.3) is 0 Å². The Morgan fingerprint density at radius 3 is 2.43 bits per heavy atom. The van der Waals surface area contributed by atoms with Crippen molar-refractivity contribution in [1.29, 1.82) is 0 Å². The average molecular weight is 259 g/mol. The number of halogens is 1. The van der Waals surface area contributed by atoms with Gasteiger partial charge in [-0.25, -0.2) is 0 Å². The standard InChI is InChI=1S/C11H15BrO2/c1-9(12)14-10(2)13-8-11-6-4-3-5-7-11/h3-7,9-10H,8H2,1-2H3. The topological polar surface area (TPSA) is 18.5 Å². The van der Waals surface area contributed by atoms with E-state index in [1.807, 2.05) is 44.2 Å². The van der Waals surface area contributed by atoms with Gasteiger partial charge in [0.1, 0.15) is 5.01 Å². The minimum Gasteiger partial charge on any atom is -0.348 e. The van der Waals surface area contributed by atoms with Gasteiger partial charge < -0.3 is 9.47 Å². The molecule has 0 saturated heterocycles. The third-order valence-electron chi connectivity index (χ3n) is 1.71. The molecule has 0 aromatic heterocycles. The summed E-state index contributed by atoms with van der Waals surface area (Å²) in [4.78, 5) is 0. The fourth-order valence-electron chi connectivity index (χ4n) is 1.09. The summed E-state index contributed by atoms with van der Waals surface area (Å²) < 4.78 is 10.9. The van der Waals surface area contributed by atoms with Crippen LogP contribution in [-0.4, -0.2) is 11.3 Å². The summed E-state index contributed by atoms with van der Waals surface area (Å²) >= 11 is 3.30. The molecular weight excluding hydrogens is 244 g/mol. The lowest BCUT2D eigenvalue weighted by Gasteiger charge is -2.15. The Bertz CT molecular complexity index is 249. The van der Waals surface area contributed by atoms with Gasteiger partial charge in [-0.3, -0.25) is 0 Å². The van der Waals surface area contributed by atoms with Gasteiger partial charge in [-0.15, -0.1) is 0 Å². The van der Waals surface area contributed by atoms with Crippen LogP contribution in [0.25, 0.3) is 0 Å². The largest absolute Gasteiger partial charge is 0.348 e. The zero-order valence-corrected chi connectivity index (χ0v) is 10.0. The molecule has 0 bridgehead atoms. The fraction of sp³-hybridized carbons (Fsp3) is 0.455. The molecule has 0 amide bonds. The van der Waals surface area contributed by atoms with Crippen LogP contribution in [-0.2, 0) is 16.1 Å². The predicted molar refractivity (Wildman–Crippen MR) is 60.2 cm³/mol. The SMILES string of the molecule is CC(Br)OC(C)OCc1ccccc1. The molecule has 1 aromatic rings. The molecule has 0 aliphatic carbocycles. The van der Waals surface area contributed by atoms with Gasteiger partial charge in [0.15, 0.2) is 6.29 Å². The second-order valence-corrected chi connectivity index (χ2v) is 4.33. The van der Waals surface area contributed by atoms with Gasteiger partial charge in [0.2, 0.25) is 0 Å². The smallest absolute Gasteiger partial charge is 0.156 e. The van der Waals surface area contributed by atoms with Crippen molar-refractivity contribution in [2.75, 3.05) is 0 Å². The van der Waals surface area contributed by atoms with E-state index in [9.17, 15) is 0 Å². The number of hydrogen-bond donors (Lipinski definition) is 0. The van der Waals surface area contributed by atoms with Crippen molar-refractivity contribution in [3.63, 3.8) is 0 Å². The van der Waals surface area contributed by atoms with E-state index in [4.69, 9.17) is 9.47 Å². The maximum absolute atomic E-state index is 5.49. The second-order valence-electron chi connectivity index (χ2n) is 3.04. The molecular formula is C11H15BrO2. The van der Waals surface area contributed by atoms with E-state index in [1.165, 1.54) is 0 Å². The molecule has 0 radical (unpaired) electrons. The van der Waals surface area contributed by atoms with Crippen LogP contribution in [0.2, 0.25) is 0 Å². The van der Waals surface area contributed by atoms with Gasteiger partial charge in [0, 0.05) is 0 Å². The van der Waals surface area contributed by atoms with Gasteiger partial charge >= 0.3 is 0 Å². The Hall–Kier alpha value is -0.380. The average Bonchev–Trinajstić information content (AvgIpc) is 2.15. The van der Waals surface area contributed by atoms with Crippen molar-refractivity contribution in [1.82, 2.24) is 0 Å². The van der Waals surface area contributed by atoms with Gasteiger partial charge in [-0.2, -0.15) is 0 Å². The van der Waals surface area contributed by atoms with Crippen LogP contribution in [0.3, 0.4) is 0 Å². The maximum Gasteiger partial charge on any atom is 0.156 e. The Labute approximate surface area is 93.4 Å². The zero-order valence-electron chi connectivity index (χ0n) is 8.44. The zero-order chi connectivity index (χ0) is 10.4. The van der Waals surface area contributed by atoms with E-state index >= 15 is 0 Å². The Balaban J connectivity index is 2.27. The van der Waals surface area contributed by atoms with E-state index in [0.29, 0.717) is 6.61 Å². The molecule has 78 valence electrons. The van der Waals surface area contributed by atoms with Crippen molar-refractivity contribution in [2.24, 2.45) is 0 Å². The van der Waals surface area contributed by atoms with Gasteiger partial charge in [-0.05, 0) is 19.4 Å². The van der Waals surface area contributed by atoms with Crippen LogP contribution in [0.15, 0.2) is 30.3 Å². The van der Waals surface area contributed by atoms with Crippen LogP contribution in [0.4, 0.5) is 0 Å². The molecule has 2 atom stereocenters. The monoisotopic (exact) mass is 258 g/mol. The molecule has 0 fully saturated rings. The lowest BCUT2D eigenvalue weighted by atomic mass is 10.2. The van der Waals surface area contributed by atoms with Crippen molar-refractivity contribution < 1.29 is 9.47 Å². The highest BCUT2D eigenvalue weighted by molar-refractivity contribution is 9.09. The number of rotatable bonds is 5. The van der Waals surface area contributed by atoms with Crippen LogP contribution >= 0.6 is 15.9 Å². The second kappa shape index (κ2) is 6.17. The van der Waals surface area contributed by atoms with Gasteiger partial charge in [-0.1, -0.05) is 46.3 Å². The lowest BCUT2D eigenvalue weighted by molar-refractivity contribution is -0.141. The first-order valence-electron chi connectivity index (χ1n) is 4.63. The number of ether oxygens (including phenoxy) is 2. The quantitative estimate of drug-likeness (QED) is 0.596. The first-order chi connectivity index (χ1) is 6.68. The molecule has 0 N–H and O–H groups in total. The summed E-state index contributed by atoms with van der Waals surface area (Å²) in [6.07, 6.45) is -0.190. The molecule has 0 spiro atoms. The van der Waals surface area contributed by atoms with Crippen LogP contribution in [0.1, 0.15) is 19.4 Å². The highest BCUT2D eigenvalue weighted by Gasteiger charge is 2.05. The van der Waals surface area contributed by atoms with Gasteiger partial charge in [0.05, 0.1) is 6.61 Å². The fourth-order valence-corrected chi connectivity index (χ4v) is 1.40. The third-order valence-corrected chi connectivity index (χ3v) is 1.92. The lowest BCUT2D eigenvalue weighted by Crippen LogP contribution is -2.15. The minimum absolute atomic E-state index is 0.0215. The summed E-state index contributed by atoms with van der Waals surface area (Å²) in [7, 11) is 0. The van der Waals surface area contributed by atoms with Crippen LogP contribution < -0.4 is 0 Å². The number of hydrogen-bond acceptors (Lipinski definition) is 2. The van der Waals surface area contributed by atoms with E-state index in [2.05, 4.69) is 15.9 Å². The van der Waals surface area contributed by atoms with Crippen molar-refractivity contribution in [3.8, 4) is 0 Å². The molecule has 0 heterocycles. The third kappa shape index (κ3) is 4.74. The number of benzene rings is 1. The predicted octanol–water partition coefficient (Wildman–Crippen LogP) is 3.31. The van der Waals surface area contributed by atoms with E-state index in [1.54, 1.807) is 0 Å². The minimum atomic E-state index is -0.190. The van der Waals surface area contributed by atoms with Crippen LogP contribution in [0.5, 0.6) is 0 Å².